The third-order valence-corrected chi connectivity index (χ3v) is 2.77. The summed E-state index contributed by atoms with van der Waals surface area (Å²) in [7, 11) is 1.95. The highest BCUT2D eigenvalue weighted by molar-refractivity contribution is 5.03. The van der Waals surface area contributed by atoms with Crippen molar-refractivity contribution in [2.24, 2.45) is 18.9 Å². The number of aryl methyl sites for hydroxylation is 1. The van der Waals surface area contributed by atoms with Gasteiger partial charge in [-0.05, 0) is 24.8 Å². The third-order valence-electron chi connectivity index (χ3n) is 2.77. The van der Waals surface area contributed by atoms with Crippen LogP contribution >= 0.6 is 0 Å². The molecule has 0 bridgehead atoms. The maximum absolute atomic E-state index is 4.12. The zero-order valence-corrected chi connectivity index (χ0v) is 8.33. The molecule has 1 N–H and O–H groups in total. The van der Waals surface area contributed by atoms with E-state index in [1.807, 2.05) is 17.9 Å². The first-order chi connectivity index (χ1) is 6.25. The molecule has 0 radical (unpaired) electrons. The molecule has 1 aromatic rings. The highest BCUT2D eigenvalue weighted by atomic mass is 15.2. The van der Waals surface area contributed by atoms with Gasteiger partial charge in [0.25, 0.3) is 0 Å². The molecule has 1 aliphatic carbocycles. The van der Waals surface area contributed by atoms with Crippen LogP contribution in [0.25, 0.3) is 0 Å². The summed E-state index contributed by atoms with van der Waals surface area (Å²) in [6.07, 6.45) is 5.38. The first kappa shape index (κ1) is 8.75. The van der Waals surface area contributed by atoms with Crippen molar-refractivity contribution in [1.82, 2.24) is 15.1 Å². The molecule has 0 amide bonds. The lowest BCUT2D eigenvalue weighted by Gasteiger charge is -2.00. The number of nitrogens with one attached hydrogen (secondary N) is 1. The van der Waals surface area contributed by atoms with E-state index < -0.39 is 0 Å². The summed E-state index contributed by atoms with van der Waals surface area (Å²) >= 11 is 0. The molecule has 0 aromatic carbocycles. The van der Waals surface area contributed by atoms with Gasteiger partial charge in [0, 0.05) is 25.4 Å². The second kappa shape index (κ2) is 3.50. The Hall–Kier alpha value is -0.830. The quantitative estimate of drug-likeness (QED) is 0.752. The minimum absolute atomic E-state index is 0.927. The normalized spacial score (nSPS) is 26.3. The molecular weight excluding hydrogens is 162 g/mol. The molecular formula is C10H17N3. The van der Waals surface area contributed by atoms with E-state index in [-0.39, 0.29) is 0 Å². The van der Waals surface area contributed by atoms with Crippen LogP contribution in [0.15, 0.2) is 12.4 Å². The first-order valence-electron chi connectivity index (χ1n) is 4.94. The number of hydrogen-bond donors (Lipinski definition) is 1. The van der Waals surface area contributed by atoms with Gasteiger partial charge in [0.05, 0.1) is 6.20 Å². The zero-order chi connectivity index (χ0) is 9.26. The van der Waals surface area contributed by atoms with E-state index in [0.717, 1.165) is 24.9 Å². The van der Waals surface area contributed by atoms with Crippen molar-refractivity contribution in [2.45, 2.75) is 19.9 Å². The topological polar surface area (TPSA) is 29.9 Å². The molecule has 13 heavy (non-hydrogen) atoms. The zero-order valence-electron chi connectivity index (χ0n) is 8.33. The smallest absolute Gasteiger partial charge is 0.0534 e. The van der Waals surface area contributed by atoms with Gasteiger partial charge in [-0.1, -0.05) is 6.92 Å². The molecule has 1 heterocycles. The molecule has 2 rings (SSSR count). The number of aromatic nitrogens is 2. The number of rotatable bonds is 4. The number of nitrogens with zero attached hydrogens (tertiary/aromatic N) is 2. The molecule has 1 fully saturated rings. The Labute approximate surface area is 79.1 Å². The molecule has 0 saturated heterocycles. The summed E-state index contributed by atoms with van der Waals surface area (Å²) in [4.78, 5) is 0. The summed E-state index contributed by atoms with van der Waals surface area (Å²) in [6.45, 7) is 4.43. The van der Waals surface area contributed by atoms with E-state index in [9.17, 15) is 0 Å². The maximum atomic E-state index is 4.12. The van der Waals surface area contributed by atoms with Gasteiger partial charge in [0.15, 0.2) is 0 Å². The van der Waals surface area contributed by atoms with Crippen LogP contribution in [0.3, 0.4) is 0 Å². The molecule has 0 unspecified atom stereocenters. The summed E-state index contributed by atoms with van der Waals surface area (Å²) in [5.41, 5.74) is 1.27. The predicted octanol–water partition coefficient (Wildman–Crippen LogP) is 1.17. The van der Waals surface area contributed by atoms with Crippen LogP contribution in [0.5, 0.6) is 0 Å². The fourth-order valence-electron chi connectivity index (χ4n) is 1.65. The monoisotopic (exact) mass is 179 g/mol. The van der Waals surface area contributed by atoms with Gasteiger partial charge in [0.1, 0.15) is 0 Å². The summed E-state index contributed by atoms with van der Waals surface area (Å²) < 4.78 is 1.84. The Bertz CT molecular complexity index is 279. The van der Waals surface area contributed by atoms with Gasteiger partial charge in [-0.2, -0.15) is 5.10 Å². The van der Waals surface area contributed by atoms with Gasteiger partial charge in [-0.3, -0.25) is 4.68 Å². The molecule has 1 aromatic heterocycles. The first-order valence-corrected chi connectivity index (χ1v) is 4.94. The standard InChI is InChI=1S/C10H17N3/c1-8-3-10(8)6-11-4-9-5-12-13(2)7-9/h5,7-8,10-11H,3-4,6H2,1-2H3/t8-,10+/m1/s1. The molecule has 3 nitrogen and oxygen atoms in total. The lowest BCUT2D eigenvalue weighted by atomic mass is 10.3. The third kappa shape index (κ3) is 2.31. The Balaban J connectivity index is 1.68. The average molecular weight is 179 g/mol. The van der Waals surface area contributed by atoms with Crippen LogP contribution in [0.2, 0.25) is 0 Å². The minimum atomic E-state index is 0.927. The molecule has 3 heteroatoms. The second-order valence-electron chi connectivity index (χ2n) is 4.13. The van der Waals surface area contributed by atoms with Crippen LogP contribution in [-0.2, 0) is 13.6 Å². The fraction of sp³-hybridized carbons (Fsp3) is 0.700. The lowest BCUT2D eigenvalue weighted by Crippen LogP contribution is -2.16. The van der Waals surface area contributed by atoms with Crippen LogP contribution < -0.4 is 5.32 Å². The van der Waals surface area contributed by atoms with Crippen molar-refractivity contribution < 1.29 is 0 Å². The van der Waals surface area contributed by atoms with Gasteiger partial charge >= 0.3 is 0 Å². The van der Waals surface area contributed by atoms with E-state index in [4.69, 9.17) is 0 Å². The number of hydrogen-bond acceptors (Lipinski definition) is 2. The van der Waals surface area contributed by atoms with E-state index in [2.05, 4.69) is 23.5 Å². The van der Waals surface area contributed by atoms with Gasteiger partial charge in [-0.15, -0.1) is 0 Å². The van der Waals surface area contributed by atoms with Crippen LogP contribution in [0.4, 0.5) is 0 Å². The van der Waals surface area contributed by atoms with Crippen molar-refractivity contribution in [3.05, 3.63) is 18.0 Å². The highest BCUT2D eigenvalue weighted by Gasteiger charge is 2.31. The lowest BCUT2D eigenvalue weighted by molar-refractivity contribution is 0.611. The summed E-state index contributed by atoms with van der Waals surface area (Å²) in [5.74, 6) is 1.87. The Morgan fingerprint density at radius 3 is 3.00 bits per heavy atom. The van der Waals surface area contributed by atoms with E-state index in [1.54, 1.807) is 0 Å². The summed E-state index contributed by atoms with van der Waals surface area (Å²) in [5, 5.41) is 7.58. The largest absolute Gasteiger partial charge is 0.312 e. The van der Waals surface area contributed by atoms with Gasteiger partial charge in [0.2, 0.25) is 0 Å². The minimum Gasteiger partial charge on any atom is -0.312 e. The van der Waals surface area contributed by atoms with E-state index in [0.29, 0.717) is 0 Å². The van der Waals surface area contributed by atoms with E-state index >= 15 is 0 Å². The molecule has 72 valence electrons. The van der Waals surface area contributed by atoms with Crippen molar-refractivity contribution >= 4 is 0 Å². The maximum Gasteiger partial charge on any atom is 0.0534 e. The molecule has 2 atom stereocenters. The van der Waals surface area contributed by atoms with Crippen molar-refractivity contribution in [3.8, 4) is 0 Å². The van der Waals surface area contributed by atoms with Crippen molar-refractivity contribution in [3.63, 3.8) is 0 Å². The molecule has 1 saturated carbocycles. The second-order valence-corrected chi connectivity index (χ2v) is 4.13. The van der Waals surface area contributed by atoms with E-state index in [1.165, 1.54) is 12.0 Å². The Kier molecular flexibility index (Phi) is 2.36. The molecule has 0 spiro atoms. The van der Waals surface area contributed by atoms with Crippen LogP contribution in [0.1, 0.15) is 18.9 Å². The van der Waals surface area contributed by atoms with Gasteiger partial charge in [-0.25, -0.2) is 0 Å². The van der Waals surface area contributed by atoms with Gasteiger partial charge < -0.3 is 5.32 Å². The molecule has 0 aliphatic heterocycles. The van der Waals surface area contributed by atoms with Crippen LogP contribution in [0, 0.1) is 11.8 Å². The molecule has 1 aliphatic rings. The fourth-order valence-corrected chi connectivity index (χ4v) is 1.65. The average Bonchev–Trinajstić information content (AvgIpc) is 2.60. The predicted molar refractivity (Wildman–Crippen MR) is 52.2 cm³/mol. The summed E-state index contributed by atoms with van der Waals surface area (Å²) in [6, 6.07) is 0. The van der Waals surface area contributed by atoms with Crippen molar-refractivity contribution in [2.75, 3.05) is 6.54 Å². The SMILES string of the molecule is C[C@@H]1C[C@H]1CNCc1cnn(C)c1. The Morgan fingerprint density at radius 1 is 1.69 bits per heavy atom. The highest BCUT2D eigenvalue weighted by Crippen LogP contribution is 2.36. The van der Waals surface area contributed by atoms with Crippen LogP contribution in [-0.4, -0.2) is 16.3 Å². The van der Waals surface area contributed by atoms with Crippen molar-refractivity contribution in [1.29, 1.82) is 0 Å². The Morgan fingerprint density at radius 2 is 2.46 bits per heavy atom.